The van der Waals surface area contributed by atoms with E-state index in [0.29, 0.717) is 5.39 Å². The molecule has 1 heterocycles. The molecule has 5 nitrogen and oxygen atoms in total. The van der Waals surface area contributed by atoms with E-state index in [2.05, 4.69) is 0 Å². The highest BCUT2D eigenvalue weighted by Gasteiger charge is 2.34. The number of nitrogens with zero attached hydrogens (tertiary/aromatic N) is 1. The summed E-state index contributed by atoms with van der Waals surface area (Å²) in [4.78, 5) is 25.2. The molecule has 0 bridgehead atoms. The standard InChI is InChI=1S/C23H22F3NO4/c1-22(2,3)31-19(21(29)30)18-17(13-8-7-9-14(12-13)23(24,25)26)15-10-5-6-11-16(15)20(28)27(18)4/h5-12,19H,1-4H3,(H,29,30). The first-order valence-corrected chi connectivity index (χ1v) is 9.51. The first-order chi connectivity index (χ1) is 14.3. The molecule has 31 heavy (non-hydrogen) atoms. The van der Waals surface area contributed by atoms with E-state index in [-0.39, 0.29) is 22.2 Å². The van der Waals surface area contributed by atoms with Crippen LogP contribution in [0, 0.1) is 0 Å². The second kappa shape index (κ2) is 7.85. The summed E-state index contributed by atoms with van der Waals surface area (Å²) in [5, 5.41) is 10.5. The third kappa shape index (κ3) is 4.49. The first kappa shape index (κ1) is 22.6. The summed E-state index contributed by atoms with van der Waals surface area (Å²) in [7, 11) is 1.39. The van der Waals surface area contributed by atoms with Crippen molar-refractivity contribution in [2.45, 2.75) is 38.7 Å². The van der Waals surface area contributed by atoms with Gasteiger partial charge in [0.2, 0.25) is 0 Å². The fourth-order valence-electron chi connectivity index (χ4n) is 3.52. The number of aliphatic carboxylic acids is 1. The van der Waals surface area contributed by atoms with Crippen molar-refractivity contribution in [3.8, 4) is 11.1 Å². The van der Waals surface area contributed by atoms with Crippen molar-refractivity contribution in [1.29, 1.82) is 0 Å². The van der Waals surface area contributed by atoms with E-state index in [1.807, 2.05) is 0 Å². The highest BCUT2D eigenvalue weighted by Crippen LogP contribution is 2.39. The lowest BCUT2D eigenvalue weighted by molar-refractivity contribution is -0.161. The third-order valence-electron chi connectivity index (χ3n) is 4.77. The smallest absolute Gasteiger partial charge is 0.416 e. The van der Waals surface area contributed by atoms with Gasteiger partial charge in [-0.25, -0.2) is 4.79 Å². The average Bonchev–Trinajstić information content (AvgIpc) is 2.67. The van der Waals surface area contributed by atoms with Gasteiger partial charge in [0.15, 0.2) is 6.10 Å². The second-order valence-corrected chi connectivity index (χ2v) is 8.20. The van der Waals surface area contributed by atoms with Gasteiger partial charge in [-0.15, -0.1) is 0 Å². The maximum Gasteiger partial charge on any atom is 0.416 e. The lowest BCUT2D eigenvalue weighted by atomic mass is 9.93. The molecule has 1 atom stereocenters. The number of benzene rings is 2. The molecule has 0 saturated heterocycles. The summed E-state index contributed by atoms with van der Waals surface area (Å²) in [5.41, 5.74) is -1.91. The number of carboxylic acid groups (broad SMARTS) is 1. The molecule has 0 radical (unpaired) electrons. The van der Waals surface area contributed by atoms with E-state index in [9.17, 15) is 27.9 Å². The summed E-state index contributed by atoms with van der Waals surface area (Å²) in [6.45, 7) is 4.98. The highest BCUT2D eigenvalue weighted by atomic mass is 19.4. The number of halogens is 3. The number of fused-ring (bicyclic) bond motifs is 1. The van der Waals surface area contributed by atoms with Crippen LogP contribution in [0.3, 0.4) is 0 Å². The van der Waals surface area contributed by atoms with Crippen LogP contribution < -0.4 is 5.56 Å². The van der Waals surface area contributed by atoms with Crippen molar-refractivity contribution >= 4 is 16.7 Å². The minimum Gasteiger partial charge on any atom is -0.479 e. The summed E-state index contributed by atoms with van der Waals surface area (Å²) in [6.07, 6.45) is -6.16. The van der Waals surface area contributed by atoms with Gasteiger partial charge in [-0.3, -0.25) is 4.79 Å². The maximum absolute atomic E-state index is 13.4. The van der Waals surface area contributed by atoms with Gasteiger partial charge in [-0.2, -0.15) is 13.2 Å². The molecule has 2 aromatic carbocycles. The lowest BCUT2D eigenvalue weighted by Crippen LogP contribution is -2.32. The minimum absolute atomic E-state index is 0.0227. The van der Waals surface area contributed by atoms with E-state index in [1.165, 1.54) is 19.2 Å². The Morgan fingerprint density at radius 1 is 1.03 bits per heavy atom. The SMILES string of the molecule is Cn1c(C(OC(C)(C)C)C(=O)O)c(-c2cccc(C(F)(F)F)c2)c2ccccc2c1=O. The van der Waals surface area contributed by atoms with Gasteiger partial charge in [0.05, 0.1) is 16.9 Å². The normalized spacial score (nSPS) is 13.4. The zero-order valence-electron chi connectivity index (χ0n) is 17.4. The second-order valence-electron chi connectivity index (χ2n) is 8.20. The van der Waals surface area contributed by atoms with Gasteiger partial charge in [-0.05, 0) is 49.9 Å². The van der Waals surface area contributed by atoms with E-state index in [1.54, 1.807) is 45.0 Å². The zero-order chi connectivity index (χ0) is 23.1. The van der Waals surface area contributed by atoms with E-state index in [4.69, 9.17) is 4.74 Å². The van der Waals surface area contributed by atoms with Gasteiger partial charge >= 0.3 is 12.1 Å². The fourth-order valence-corrected chi connectivity index (χ4v) is 3.52. The molecule has 0 spiro atoms. The molecule has 1 unspecified atom stereocenters. The van der Waals surface area contributed by atoms with Crippen LogP contribution in [0.4, 0.5) is 13.2 Å². The predicted octanol–water partition coefficient (Wildman–Crippen LogP) is 5.17. The molecule has 164 valence electrons. The number of aromatic nitrogens is 1. The van der Waals surface area contributed by atoms with Crippen molar-refractivity contribution in [3.05, 3.63) is 70.1 Å². The third-order valence-corrected chi connectivity index (χ3v) is 4.77. The number of carboxylic acids is 1. The Labute approximate surface area is 176 Å². The molecular formula is C23H22F3NO4. The zero-order valence-corrected chi connectivity index (χ0v) is 17.4. The maximum atomic E-state index is 13.4. The number of alkyl halides is 3. The number of ether oxygens (including phenoxy) is 1. The Morgan fingerprint density at radius 3 is 2.19 bits per heavy atom. The Bertz CT molecular complexity index is 1210. The van der Waals surface area contributed by atoms with E-state index < -0.39 is 35.0 Å². The Hall–Kier alpha value is -3.13. The van der Waals surface area contributed by atoms with Crippen molar-refractivity contribution in [1.82, 2.24) is 4.57 Å². The number of carbonyl (C=O) groups is 1. The average molecular weight is 433 g/mol. The van der Waals surface area contributed by atoms with Gasteiger partial charge in [0.25, 0.3) is 5.56 Å². The Morgan fingerprint density at radius 2 is 1.65 bits per heavy atom. The molecule has 0 amide bonds. The van der Waals surface area contributed by atoms with Crippen molar-refractivity contribution < 1.29 is 27.8 Å². The van der Waals surface area contributed by atoms with Crippen molar-refractivity contribution in [2.75, 3.05) is 0 Å². The largest absolute Gasteiger partial charge is 0.479 e. The molecule has 3 aromatic rings. The quantitative estimate of drug-likeness (QED) is 0.617. The van der Waals surface area contributed by atoms with Crippen LogP contribution in [-0.4, -0.2) is 21.2 Å². The number of rotatable bonds is 4. The summed E-state index contributed by atoms with van der Waals surface area (Å²) in [6, 6.07) is 11.0. The van der Waals surface area contributed by atoms with E-state index >= 15 is 0 Å². The topological polar surface area (TPSA) is 68.5 Å². The van der Waals surface area contributed by atoms with Gasteiger partial charge in [0, 0.05) is 18.0 Å². The number of hydrogen-bond donors (Lipinski definition) is 1. The molecule has 0 aliphatic heterocycles. The van der Waals surface area contributed by atoms with Crippen LogP contribution >= 0.6 is 0 Å². The molecular weight excluding hydrogens is 411 g/mol. The lowest BCUT2D eigenvalue weighted by Gasteiger charge is -2.28. The van der Waals surface area contributed by atoms with Gasteiger partial charge < -0.3 is 14.4 Å². The minimum atomic E-state index is -4.58. The number of pyridine rings is 1. The molecule has 3 rings (SSSR count). The van der Waals surface area contributed by atoms with Gasteiger partial charge in [-0.1, -0.05) is 30.3 Å². The number of hydrogen-bond acceptors (Lipinski definition) is 3. The van der Waals surface area contributed by atoms with Crippen LogP contribution in [0.1, 0.15) is 38.1 Å². The van der Waals surface area contributed by atoms with Crippen LogP contribution in [0.15, 0.2) is 53.3 Å². The summed E-state index contributed by atoms with van der Waals surface area (Å²) < 4.78 is 47.0. The predicted molar refractivity (Wildman–Crippen MR) is 111 cm³/mol. The van der Waals surface area contributed by atoms with Gasteiger partial charge in [0.1, 0.15) is 0 Å². The monoisotopic (exact) mass is 433 g/mol. The fraction of sp³-hybridized carbons (Fsp3) is 0.304. The van der Waals surface area contributed by atoms with Crippen LogP contribution in [0.2, 0.25) is 0 Å². The molecule has 0 aliphatic carbocycles. The molecule has 0 aliphatic rings. The highest BCUT2D eigenvalue weighted by molar-refractivity contribution is 5.98. The van der Waals surface area contributed by atoms with Crippen molar-refractivity contribution in [3.63, 3.8) is 0 Å². The molecule has 1 aromatic heterocycles. The first-order valence-electron chi connectivity index (χ1n) is 9.51. The summed E-state index contributed by atoms with van der Waals surface area (Å²) in [5.74, 6) is -1.35. The molecule has 1 N–H and O–H groups in total. The summed E-state index contributed by atoms with van der Waals surface area (Å²) >= 11 is 0. The van der Waals surface area contributed by atoms with Crippen molar-refractivity contribution in [2.24, 2.45) is 7.05 Å². The van der Waals surface area contributed by atoms with E-state index in [0.717, 1.165) is 16.7 Å². The Balaban J connectivity index is 2.47. The Kier molecular flexibility index (Phi) is 5.71. The van der Waals surface area contributed by atoms with Crippen LogP contribution in [0.5, 0.6) is 0 Å². The van der Waals surface area contributed by atoms with Crippen LogP contribution in [-0.2, 0) is 22.8 Å². The molecule has 8 heteroatoms. The molecule has 0 fully saturated rings. The molecule has 0 saturated carbocycles. The van der Waals surface area contributed by atoms with Crippen LogP contribution in [0.25, 0.3) is 21.9 Å².